The number of halogens is 3. The molecule has 3 aromatic carbocycles. The molecule has 1 heterocycles. The minimum atomic E-state index is -5.54. The molecule has 12 heteroatoms. The molecule has 8 nitrogen and oxygen atoms in total. The van der Waals surface area contributed by atoms with Gasteiger partial charge in [0.05, 0.1) is 11.8 Å². The van der Waals surface area contributed by atoms with Crippen molar-refractivity contribution in [1.29, 1.82) is 0 Å². The third-order valence-corrected chi connectivity index (χ3v) is 8.38. The molecule has 0 radical (unpaired) electrons. The van der Waals surface area contributed by atoms with E-state index in [9.17, 15) is 36.6 Å². The lowest BCUT2D eigenvalue weighted by Crippen LogP contribution is -2.38. The van der Waals surface area contributed by atoms with Gasteiger partial charge < -0.3 is 20.1 Å². The number of alkyl halides is 3. The third-order valence-electron chi connectivity index (χ3n) is 6.86. The Morgan fingerprint density at radius 1 is 1.00 bits per heavy atom. The number of nitrogens with zero attached hydrogens (tertiary/aromatic N) is 2. The molecule has 4 aromatic rings. The van der Waals surface area contributed by atoms with Gasteiger partial charge in [-0.2, -0.15) is 21.6 Å². The van der Waals surface area contributed by atoms with Crippen molar-refractivity contribution in [1.82, 2.24) is 9.88 Å². The van der Waals surface area contributed by atoms with Crippen LogP contribution < -0.4 is 9.62 Å². The maximum atomic E-state index is 12.9. The number of hydrogen-bond donors (Lipinski definition) is 3. The molecule has 1 aromatic heterocycles. The van der Waals surface area contributed by atoms with Gasteiger partial charge in [-0.05, 0) is 60.4 Å². The Hall–Kier alpha value is -3.87. The lowest BCUT2D eigenvalue weighted by molar-refractivity contribution is -0.0437. The lowest BCUT2D eigenvalue weighted by atomic mass is 10.0. The van der Waals surface area contributed by atoms with E-state index in [-0.39, 0.29) is 28.3 Å². The van der Waals surface area contributed by atoms with Crippen LogP contribution >= 0.6 is 0 Å². The van der Waals surface area contributed by atoms with E-state index in [1.54, 1.807) is 10.6 Å². The van der Waals surface area contributed by atoms with Crippen LogP contribution in [0.1, 0.15) is 40.2 Å². The second-order valence-electron chi connectivity index (χ2n) is 9.84. The molecule has 2 unspecified atom stereocenters. The minimum absolute atomic E-state index is 0.0321. The maximum absolute atomic E-state index is 12.9. The van der Waals surface area contributed by atoms with Gasteiger partial charge in [0, 0.05) is 37.1 Å². The first kappa shape index (κ1) is 30.1. The highest BCUT2D eigenvalue weighted by Gasteiger charge is 2.49. The summed E-state index contributed by atoms with van der Waals surface area (Å²) >= 11 is 0. The van der Waals surface area contributed by atoms with Crippen molar-refractivity contribution in [2.75, 3.05) is 17.9 Å². The van der Waals surface area contributed by atoms with Gasteiger partial charge in [-0.3, -0.25) is 4.31 Å². The highest BCUT2D eigenvalue weighted by atomic mass is 32.2. The van der Waals surface area contributed by atoms with E-state index in [1.807, 2.05) is 55.5 Å². The number of aromatic carboxylic acids is 1. The fourth-order valence-electron chi connectivity index (χ4n) is 4.61. The standard InChI is InChI=1S/C29H30F3N3O5S/c1-19(33-17-27(36)22-6-4-3-5-7-22)14-21-10-13-25-23(15-21)16-26(28(37)38)35(25)18-20-8-11-24(12-9-20)34(2)41(39,40)29(30,31)32/h3-13,15-16,19,27,33,36H,14,17-18H2,1-2H3,(H,37,38). The highest BCUT2D eigenvalue weighted by molar-refractivity contribution is 7.93. The first-order chi connectivity index (χ1) is 19.3. The van der Waals surface area contributed by atoms with Crippen molar-refractivity contribution in [2.45, 2.75) is 37.5 Å². The number of carboxylic acids is 1. The van der Waals surface area contributed by atoms with Crippen LogP contribution in [-0.4, -0.2) is 54.3 Å². The summed E-state index contributed by atoms with van der Waals surface area (Å²) in [5, 5.41) is 24.3. The fourth-order valence-corrected chi connectivity index (χ4v) is 5.32. The number of fused-ring (bicyclic) bond motifs is 1. The van der Waals surface area contributed by atoms with Crippen molar-refractivity contribution in [3.8, 4) is 0 Å². The summed E-state index contributed by atoms with van der Waals surface area (Å²) in [5.74, 6) is -1.14. The Balaban J connectivity index is 1.49. The number of benzene rings is 3. The smallest absolute Gasteiger partial charge is 0.477 e. The van der Waals surface area contributed by atoms with Crippen molar-refractivity contribution < 1.29 is 36.6 Å². The van der Waals surface area contributed by atoms with Crippen LogP contribution in [0, 0.1) is 0 Å². The van der Waals surface area contributed by atoms with E-state index < -0.39 is 27.6 Å². The molecular formula is C29H30F3N3O5S. The van der Waals surface area contributed by atoms with Crippen molar-refractivity contribution in [3.63, 3.8) is 0 Å². The van der Waals surface area contributed by atoms with Gasteiger partial charge >= 0.3 is 21.5 Å². The topological polar surface area (TPSA) is 112 Å². The Labute approximate surface area is 235 Å². The van der Waals surface area contributed by atoms with Crippen LogP contribution in [-0.2, 0) is 23.0 Å². The molecule has 0 bridgehead atoms. The van der Waals surface area contributed by atoms with Crippen LogP contribution in [0.25, 0.3) is 10.9 Å². The Bertz CT molecular complexity index is 1620. The Morgan fingerprint density at radius 2 is 1.63 bits per heavy atom. The number of anilines is 1. The Morgan fingerprint density at radius 3 is 2.24 bits per heavy atom. The molecule has 0 saturated carbocycles. The average molecular weight is 590 g/mol. The zero-order valence-corrected chi connectivity index (χ0v) is 23.2. The molecule has 2 atom stereocenters. The summed E-state index contributed by atoms with van der Waals surface area (Å²) in [5.41, 5.74) is -2.54. The zero-order chi connectivity index (χ0) is 29.9. The van der Waals surface area contributed by atoms with Gasteiger partial charge in [-0.25, -0.2) is 4.79 Å². The highest BCUT2D eigenvalue weighted by Crippen LogP contribution is 2.30. The van der Waals surface area contributed by atoms with Crippen molar-refractivity contribution in [3.05, 3.63) is 101 Å². The van der Waals surface area contributed by atoms with Crippen LogP contribution in [0.2, 0.25) is 0 Å². The van der Waals surface area contributed by atoms with E-state index in [1.165, 1.54) is 24.3 Å². The number of carboxylic acid groups (broad SMARTS) is 1. The molecule has 0 saturated heterocycles. The number of carbonyl (C=O) groups is 1. The van der Waals surface area contributed by atoms with Crippen LogP contribution in [0.3, 0.4) is 0 Å². The maximum Gasteiger partial charge on any atom is 0.516 e. The quantitative estimate of drug-likeness (QED) is 0.229. The van der Waals surface area contributed by atoms with E-state index >= 15 is 0 Å². The van der Waals surface area contributed by atoms with Crippen LogP contribution in [0.5, 0.6) is 0 Å². The molecule has 0 amide bonds. The second kappa shape index (κ2) is 11.9. The monoisotopic (exact) mass is 589 g/mol. The van der Waals surface area contributed by atoms with Gasteiger partial charge in [0.25, 0.3) is 0 Å². The van der Waals surface area contributed by atoms with E-state index in [4.69, 9.17) is 0 Å². The Kier molecular flexibility index (Phi) is 8.76. The molecule has 4 rings (SSSR count). The normalized spacial score (nSPS) is 13.7. The number of nitrogens with one attached hydrogen (secondary N) is 1. The van der Waals surface area contributed by atoms with E-state index in [2.05, 4.69) is 5.32 Å². The third kappa shape index (κ3) is 6.72. The molecule has 0 spiro atoms. The van der Waals surface area contributed by atoms with Gasteiger partial charge in [-0.15, -0.1) is 0 Å². The van der Waals surface area contributed by atoms with E-state index in [0.717, 1.165) is 18.2 Å². The average Bonchev–Trinajstić information content (AvgIpc) is 3.29. The predicted molar refractivity (Wildman–Crippen MR) is 150 cm³/mol. The van der Waals surface area contributed by atoms with Gasteiger partial charge in [0.1, 0.15) is 5.69 Å². The molecular weight excluding hydrogens is 559 g/mol. The number of aliphatic hydroxyl groups is 1. The van der Waals surface area contributed by atoms with Gasteiger partial charge in [-0.1, -0.05) is 48.5 Å². The summed E-state index contributed by atoms with van der Waals surface area (Å²) in [4.78, 5) is 12.0. The predicted octanol–water partition coefficient (Wildman–Crippen LogP) is 4.93. The lowest BCUT2D eigenvalue weighted by Gasteiger charge is -2.21. The first-order valence-corrected chi connectivity index (χ1v) is 14.2. The van der Waals surface area contributed by atoms with Gasteiger partial charge in [0.15, 0.2) is 0 Å². The molecule has 0 fully saturated rings. The summed E-state index contributed by atoms with van der Waals surface area (Å²) < 4.78 is 63.8. The van der Waals surface area contributed by atoms with Crippen LogP contribution in [0.15, 0.2) is 78.9 Å². The number of aliphatic hydroxyl groups excluding tert-OH is 1. The summed E-state index contributed by atoms with van der Waals surface area (Å²) in [7, 11) is -4.72. The largest absolute Gasteiger partial charge is 0.516 e. The fraction of sp³-hybridized carbons (Fsp3) is 0.276. The molecule has 41 heavy (non-hydrogen) atoms. The van der Waals surface area contributed by atoms with Crippen molar-refractivity contribution in [2.24, 2.45) is 0 Å². The second-order valence-corrected chi connectivity index (χ2v) is 11.8. The van der Waals surface area contributed by atoms with Crippen LogP contribution in [0.4, 0.5) is 18.9 Å². The SMILES string of the molecule is CC(Cc1ccc2c(c1)cc(C(=O)O)n2Cc1ccc(N(C)S(=O)(=O)C(F)(F)F)cc1)NCC(O)c1ccccc1. The van der Waals surface area contributed by atoms with E-state index in [0.29, 0.717) is 29.4 Å². The number of rotatable bonds is 11. The molecule has 218 valence electrons. The van der Waals surface area contributed by atoms with Crippen molar-refractivity contribution >= 4 is 32.6 Å². The zero-order valence-electron chi connectivity index (χ0n) is 22.3. The molecule has 0 aliphatic heterocycles. The minimum Gasteiger partial charge on any atom is -0.477 e. The number of hydrogen-bond acceptors (Lipinski definition) is 5. The number of sulfonamides is 1. The molecule has 0 aliphatic carbocycles. The summed E-state index contributed by atoms with van der Waals surface area (Å²) in [6.07, 6.45) is -0.00213. The molecule has 3 N–H and O–H groups in total. The number of aromatic nitrogens is 1. The summed E-state index contributed by atoms with van der Waals surface area (Å²) in [6.45, 7) is 2.48. The van der Waals surface area contributed by atoms with Gasteiger partial charge in [0.2, 0.25) is 0 Å². The first-order valence-electron chi connectivity index (χ1n) is 12.7. The molecule has 0 aliphatic rings. The summed E-state index contributed by atoms with van der Waals surface area (Å²) in [6, 6.07) is 22.0.